The molecule has 6 heteroatoms. The molecular formula is C19H16Cl2N2O2. The van der Waals surface area contributed by atoms with E-state index in [0.29, 0.717) is 27.5 Å². The molecule has 4 rings (SSSR count). The maximum atomic E-state index is 9.51. The van der Waals surface area contributed by atoms with Gasteiger partial charge in [0.2, 0.25) is 0 Å². The van der Waals surface area contributed by atoms with Gasteiger partial charge in [0.15, 0.2) is 0 Å². The lowest BCUT2D eigenvalue weighted by Gasteiger charge is -2.11. The van der Waals surface area contributed by atoms with Crippen molar-refractivity contribution in [2.24, 2.45) is 0 Å². The zero-order valence-corrected chi connectivity index (χ0v) is 14.8. The molecule has 128 valence electrons. The summed E-state index contributed by atoms with van der Waals surface area (Å²) in [5, 5.41) is 15.0. The van der Waals surface area contributed by atoms with Gasteiger partial charge in [-0.2, -0.15) is 5.10 Å². The molecule has 1 aromatic heterocycles. The number of aliphatic hydroxyl groups is 1. The molecule has 1 fully saturated rings. The van der Waals surface area contributed by atoms with Gasteiger partial charge in [-0.05, 0) is 49.2 Å². The van der Waals surface area contributed by atoms with Crippen molar-refractivity contribution in [2.45, 2.75) is 25.6 Å². The van der Waals surface area contributed by atoms with Crippen LogP contribution in [0.15, 0.2) is 48.5 Å². The largest absolute Gasteiger partial charge is 0.490 e. The molecule has 3 aromatic rings. The van der Waals surface area contributed by atoms with E-state index in [1.54, 1.807) is 16.8 Å². The molecule has 0 bridgehead atoms. The van der Waals surface area contributed by atoms with E-state index in [4.69, 9.17) is 27.9 Å². The summed E-state index contributed by atoms with van der Waals surface area (Å²) in [4.78, 5) is 0. The summed E-state index contributed by atoms with van der Waals surface area (Å²) in [5.41, 5.74) is 3.04. The summed E-state index contributed by atoms with van der Waals surface area (Å²) in [6, 6.07) is 15.0. The SMILES string of the molecule is OCc1cc(-c2cccc(OC3CC3)c2)n(-c2ccc(Cl)cc2Cl)n1. The molecule has 0 radical (unpaired) electrons. The molecule has 0 unspecified atom stereocenters. The highest BCUT2D eigenvalue weighted by molar-refractivity contribution is 6.35. The van der Waals surface area contributed by atoms with Crippen LogP contribution in [-0.2, 0) is 6.61 Å². The molecule has 0 aliphatic heterocycles. The van der Waals surface area contributed by atoms with Crippen LogP contribution in [-0.4, -0.2) is 21.0 Å². The first kappa shape index (κ1) is 16.5. The highest BCUT2D eigenvalue weighted by atomic mass is 35.5. The Morgan fingerprint density at radius 2 is 1.96 bits per heavy atom. The van der Waals surface area contributed by atoms with Crippen molar-refractivity contribution in [1.29, 1.82) is 0 Å². The average Bonchev–Trinajstić information content (AvgIpc) is 3.31. The van der Waals surface area contributed by atoms with E-state index in [1.165, 1.54) is 0 Å². The lowest BCUT2D eigenvalue weighted by atomic mass is 10.1. The van der Waals surface area contributed by atoms with Gasteiger partial charge in [0.05, 0.1) is 34.8 Å². The van der Waals surface area contributed by atoms with E-state index < -0.39 is 0 Å². The molecule has 25 heavy (non-hydrogen) atoms. The van der Waals surface area contributed by atoms with Gasteiger partial charge in [-0.1, -0.05) is 35.3 Å². The van der Waals surface area contributed by atoms with Crippen LogP contribution in [0.1, 0.15) is 18.5 Å². The molecule has 1 saturated carbocycles. The van der Waals surface area contributed by atoms with Gasteiger partial charge in [0.25, 0.3) is 0 Å². The van der Waals surface area contributed by atoms with Crippen LogP contribution in [0.4, 0.5) is 0 Å². The zero-order chi connectivity index (χ0) is 17.4. The Labute approximate surface area is 155 Å². The third-order valence-electron chi connectivity index (χ3n) is 4.02. The van der Waals surface area contributed by atoms with Gasteiger partial charge in [0.1, 0.15) is 5.75 Å². The Bertz CT molecular complexity index is 920. The number of rotatable bonds is 5. The smallest absolute Gasteiger partial charge is 0.120 e. The predicted molar refractivity (Wildman–Crippen MR) is 98.6 cm³/mol. The zero-order valence-electron chi connectivity index (χ0n) is 13.3. The number of hydrogen-bond donors (Lipinski definition) is 1. The first-order valence-corrected chi connectivity index (χ1v) is 8.82. The van der Waals surface area contributed by atoms with Crippen LogP contribution < -0.4 is 4.74 Å². The van der Waals surface area contributed by atoms with Crippen LogP contribution in [0.5, 0.6) is 5.75 Å². The Morgan fingerprint density at radius 3 is 2.68 bits per heavy atom. The predicted octanol–water partition coefficient (Wildman–Crippen LogP) is 4.88. The fraction of sp³-hybridized carbons (Fsp3) is 0.211. The quantitative estimate of drug-likeness (QED) is 0.692. The summed E-state index contributed by atoms with van der Waals surface area (Å²) in [5.74, 6) is 0.834. The van der Waals surface area contributed by atoms with Gasteiger partial charge in [-0.25, -0.2) is 4.68 Å². The minimum absolute atomic E-state index is 0.149. The van der Waals surface area contributed by atoms with E-state index >= 15 is 0 Å². The number of nitrogens with zero attached hydrogens (tertiary/aromatic N) is 2. The Balaban J connectivity index is 1.80. The van der Waals surface area contributed by atoms with Gasteiger partial charge in [0, 0.05) is 10.6 Å². The summed E-state index contributed by atoms with van der Waals surface area (Å²) >= 11 is 12.3. The van der Waals surface area contributed by atoms with E-state index in [0.717, 1.165) is 29.8 Å². The van der Waals surface area contributed by atoms with Gasteiger partial charge in [-0.15, -0.1) is 0 Å². The van der Waals surface area contributed by atoms with E-state index in [-0.39, 0.29) is 6.61 Å². The molecule has 0 amide bonds. The number of hydrogen-bond acceptors (Lipinski definition) is 3. The summed E-state index contributed by atoms with van der Waals surface area (Å²) in [7, 11) is 0. The van der Waals surface area contributed by atoms with Crippen molar-refractivity contribution in [3.63, 3.8) is 0 Å². The van der Waals surface area contributed by atoms with Crippen LogP contribution >= 0.6 is 23.2 Å². The maximum Gasteiger partial charge on any atom is 0.120 e. The minimum Gasteiger partial charge on any atom is -0.490 e. The second-order valence-corrected chi connectivity index (χ2v) is 6.88. The third kappa shape index (κ3) is 3.52. The highest BCUT2D eigenvalue weighted by Gasteiger charge is 2.23. The number of aromatic nitrogens is 2. The van der Waals surface area contributed by atoms with Crippen molar-refractivity contribution in [3.05, 3.63) is 64.3 Å². The third-order valence-corrected chi connectivity index (χ3v) is 4.55. The Morgan fingerprint density at radius 1 is 1.12 bits per heavy atom. The van der Waals surface area contributed by atoms with E-state index in [9.17, 15) is 5.11 Å². The van der Waals surface area contributed by atoms with Crippen molar-refractivity contribution < 1.29 is 9.84 Å². The van der Waals surface area contributed by atoms with Crippen molar-refractivity contribution in [3.8, 4) is 22.7 Å². The molecule has 2 aromatic carbocycles. The second-order valence-electron chi connectivity index (χ2n) is 6.03. The van der Waals surface area contributed by atoms with Gasteiger partial charge < -0.3 is 9.84 Å². The van der Waals surface area contributed by atoms with Crippen LogP contribution in [0.25, 0.3) is 16.9 Å². The molecule has 0 spiro atoms. The lowest BCUT2D eigenvalue weighted by molar-refractivity contribution is 0.276. The molecule has 1 heterocycles. The fourth-order valence-corrected chi connectivity index (χ4v) is 3.15. The summed E-state index contributed by atoms with van der Waals surface area (Å²) in [6.07, 6.45) is 2.55. The summed E-state index contributed by atoms with van der Waals surface area (Å²) in [6.45, 7) is -0.149. The standard InChI is InChI=1S/C19H16Cl2N2O2/c20-13-4-7-18(17(21)9-13)23-19(10-14(11-24)22-23)12-2-1-3-16(8-12)25-15-5-6-15/h1-4,7-10,15,24H,5-6,11H2. The van der Waals surface area contributed by atoms with Crippen molar-refractivity contribution in [2.75, 3.05) is 0 Å². The van der Waals surface area contributed by atoms with Gasteiger partial charge >= 0.3 is 0 Å². The van der Waals surface area contributed by atoms with E-state index in [1.807, 2.05) is 36.4 Å². The molecule has 1 N–H and O–H groups in total. The topological polar surface area (TPSA) is 47.3 Å². The Kier molecular flexibility index (Phi) is 4.42. The highest BCUT2D eigenvalue weighted by Crippen LogP contribution is 2.33. The second kappa shape index (κ2) is 6.71. The minimum atomic E-state index is -0.149. The molecule has 0 saturated heterocycles. The van der Waals surface area contributed by atoms with Crippen LogP contribution in [0.3, 0.4) is 0 Å². The van der Waals surface area contributed by atoms with Gasteiger partial charge in [-0.3, -0.25) is 0 Å². The molecule has 4 nitrogen and oxygen atoms in total. The number of benzene rings is 2. The molecule has 1 aliphatic rings. The van der Waals surface area contributed by atoms with E-state index in [2.05, 4.69) is 5.10 Å². The fourth-order valence-electron chi connectivity index (χ4n) is 2.66. The maximum absolute atomic E-state index is 9.51. The van der Waals surface area contributed by atoms with Crippen molar-refractivity contribution >= 4 is 23.2 Å². The van der Waals surface area contributed by atoms with Crippen LogP contribution in [0.2, 0.25) is 10.0 Å². The van der Waals surface area contributed by atoms with Crippen molar-refractivity contribution in [1.82, 2.24) is 9.78 Å². The first-order chi connectivity index (χ1) is 12.1. The van der Waals surface area contributed by atoms with Crippen LogP contribution in [0, 0.1) is 0 Å². The number of aliphatic hydroxyl groups excluding tert-OH is 1. The Hall–Kier alpha value is -2.01. The normalized spacial score (nSPS) is 13.9. The molecule has 0 atom stereocenters. The summed E-state index contributed by atoms with van der Waals surface area (Å²) < 4.78 is 7.61. The first-order valence-electron chi connectivity index (χ1n) is 8.06. The number of ether oxygens (including phenoxy) is 1. The number of halogens is 2. The lowest BCUT2D eigenvalue weighted by Crippen LogP contribution is -2.01. The molecular weight excluding hydrogens is 359 g/mol. The molecule has 1 aliphatic carbocycles. The average molecular weight is 375 g/mol. The monoisotopic (exact) mass is 374 g/mol.